The van der Waals surface area contributed by atoms with Crippen LogP contribution in [-0.2, 0) is 13.6 Å². The lowest BCUT2D eigenvalue weighted by Crippen LogP contribution is -2.07. The smallest absolute Gasteiger partial charge is 0.152 e. The monoisotopic (exact) mass is 250 g/mol. The third kappa shape index (κ3) is 2.58. The molecule has 1 N–H and O–H groups in total. The van der Waals surface area contributed by atoms with Crippen LogP contribution in [0.5, 0.6) is 0 Å². The van der Waals surface area contributed by atoms with E-state index in [1.807, 2.05) is 43.7 Å². The van der Waals surface area contributed by atoms with E-state index in [4.69, 9.17) is 11.6 Å². The van der Waals surface area contributed by atoms with Gasteiger partial charge in [0.05, 0.1) is 17.3 Å². The lowest BCUT2D eigenvalue weighted by Gasteiger charge is -2.08. The van der Waals surface area contributed by atoms with Crippen LogP contribution in [0.3, 0.4) is 0 Å². The summed E-state index contributed by atoms with van der Waals surface area (Å²) in [5.41, 5.74) is 2.06. The van der Waals surface area contributed by atoms with Crippen LogP contribution in [0.25, 0.3) is 0 Å². The maximum atomic E-state index is 6.14. The van der Waals surface area contributed by atoms with Gasteiger partial charge in [0.25, 0.3) is 0 Å². The molecule has 1 heterocycles. The zero-order chi connectivity index (χ0) is 12.4. The molecule has 0 aliphatic heterocycles. The van der Waals surface area contributed by atoms with E-state index < -0.39 is 0 Å². The van der Waals surface area contributed by atoms with Gasteiger partial charge < -0.3 is 9.88 Å². The van der Waals surface area contributed by atoms with Gasteiger partial charge in [-0.3, -0.25) is 0 Å². The summed E-state index contributed by atoms with van der Waals surface area (Å²) in [4.78, 5) is 0. The molecule has 2 rings (SSSR count). The minimum absolute atomic E-state index is 0.611. The van der Waals surface area contributed by atoms with Gasteiger partial charge in [0.2, 0.25) is 0 Å². The summed E-state index contributed by atoms with van der Waals surface area (Å²) in [5.74, 6) is 1.79. The maximum Gasteiger partial charge on any atom is 0.152 e. The van der Waals surface area contributed by atoms with E-state index >= 15 is 0 Å². The fourth-order valence-electron chi connectivity index (χ4n) is 1.54. The Morgan fingerprint density at radius 1 is 1.29 bits per heavy atom. The molecule has 0 unspecified atom stereocenters. The van der Waals surface area contributed by atoms with Crippen molar-refractivity contribution in [2.24, 2.45) is 7.05 Å². The summed E-state index contributed by atoms with van der Waals surface area (Å²) in [6, 6.07) is 5.93. The minimum Gasteiger partial charge on any atom is -0.377 e. The molecule has 0 aliphatic carbocycles. The average Bonchev–Trinajstić information content (AvgIpc) is 2.59. The van der Waals surface area contributed by atoms with Crippen molar-refractivity contribution in [2.45, 2.75) is 20.4 Å². The second kappa shape index (κ2) is 4.75. The number of hydrogen-bond donors (Lipinski definition) is 1. The highest BCUT2D eigenvalue weighted by Gasteiger charge is 2.05. The first kappa shape index (κ1) is 11.9. The molecular formula is C12H15ClN4. The highest BCUT2D eigenvalue weighted by Crippen LogP contribution is 2.23. The van der Waals surface area contributed by atoms with Crippen LogP contribution in [0.15, 0.2) is 18.2 Å². The number of aromatic nitrogens is 3. The van der Waals surface area contributed by atoms with Crippen molar-refractivity contribution < 1.29 is 0 Å². The van der Waals surface area contributed by atoms with Gasteiger partial charge in [0.15, 0.2) is 5.82 Å². The van der Waals surface area contributed by atoms with Gasteiger partial charge >= 0.3 is 0 Å². The zero-order valence-electron chi connectivity index (χ0n) is 10.2. The van der Waals surface area contributed by atoms with Crippen molar-refractivity contribution in [3.63, 3.8) is 0 Å². The average molecular weight is 251 g/mol. The van der Waals surface area contributed by atoms with Crippen LogP contribution in [0.4, 0.5) is 5.69 Å². The van der Waals surface area contributed by atoms with Crippen molar-refractivity contribution >= 4 is 17.3 Å². The van der Waals surface area contributed by atoms with E-state index in [1.54, 1.807) is 0 Å². The van der Waals surface area contributed by atoms with Crippen molar-refractivity contribution in [3.8, 4) is 0 Å². The number of benzene rings is 1. The highest BCUT2D eigenvalue weighted by molar-refractivity contribution is 6.33. The van der Waals surface area contributed by atoms with Gasteiger partial charge in [-0.2, -0.15) is 0 Å². The molecule has 0 spiro atoms. The molecule has 0 bridgehead atoms. The standard InChI is InChI=1S/C12H15ClN4/c1-8-4-5-11(10(13)6-8)14-7-12-16-15-9(2)17(12)3/h4-6,14H,7H2,1-3H3. The largest absolute Gasteiger partial charge is 0.377 e. The third-order valence-electron chi connectivity index (χ3n) is 2.74. The Hall–Kier alpha value is -1.55. The summed E-state index contributed by atoms with van der Waals surface area (Å²) in [7, 11) is 1.95. The van der Waals surface area contributed by atoms with E-state index in [1.165, 1.54) is 0 Å². The van der Waals surface area contributed by atoms with Crippen molar-refractivity contribution in [2.75, 3.05) is 5.32 Å². The van der Waals surface area contributed by atoms with Crippen LogP contribution >= 0.6 is 11.6 Å². The maximum absolute atomic E-state index is 6.14. The van der Waals surface area contributed by atoms with E-state index in [0.29, 0.717) is 6.54 Å². The molecule has 90 valence electrons. The Labute approximate surface area is 106 Å². The lowest BCUT2D eigenvalue weighted by atomic mass is 10.2. The van der Waals surface area contributed by atoms with Crippen LogP contribution in [0.1, 0.15) is 17.2 Å². The second-order valence-corrected chi connectivity index (χ2v) is 4.47. The summed E-state index contributed by atoms with van der Waals surface area (Å²) in [5, 5.41) is 12.1. The molecule has 0 atom stereocenters. The Bertz CT molecular complexity index is 533. The molecule has 1 aromatic heterocycles. The van der Waals surface area contributed by atoms with Crippen molar-refractivity contribution in [1.29, 1.82) is 0 Å². The van der Waals surface area contributed by atoms with Crippen LogP contribution in [0.2, 0.25) is 5.02 Å². The number of halogens is 1. The molecule has 0 saturated heterocycles. The Balaban J connectivity index is 2.10. The molecule has 0 radical (unpaired) electrons. The fourth-order valence-corrected chi connectivity index (χ4v) is 1.84. The molecule has 0 aliphatic rings. The lowest BCUT2D eigenvalue weighted by molar-refractivity contribution is 0.789. The van der Waals surface area contributed by atoms with Gasteiger partial charge in [-0.05, 0) is 31.5 Å². The van der Waals surface area contributed by atoms with E-state index in [9.17, 15) is 0 Å². The predicted molar refractivity (Wildman–Crippen MR) is 69.3 cm³/mol. The van der Waals surface area contributed by atoms with E-state index in [0.717, 1.165) is 27.9 Å². The van der Waals surface area contributed by atoms with Gasteiger partial charge in [0, 0.05) is 7.05 Å². The Morgan fingerprint density at radius 2 is 2.06 bits per heavy atom. The molecule has 4 nitrogen and oxygen atoms in total. The molecule has 17 heavy (non-hydrogen) atoms. The Morgan fingerprint density at radius 3 is 2.65 bits per heavy atom. The molecule has 0 amide bonds. The third-order valence-corrected chi connectivity index (χ3v) is 3.06. The quantitative estimate of drug-likeness (QED) is 0.911. The molecule has 1 aromatic carbocycles. The number of nitrogens with one attached hydrogen (secondary N) is 1. The number of hydrogen-bond acceptors (Lipinski definition) is 3. The van der Waals surface area contributed by atoms with Crippen LogP contribution in [-0.4, -0.2) is 14.8 Å². The Kier molecular flexibility index (Phi) is 3.33. The summed E-state index contributed by atoms with van der Waals surface area (Å²) >= 11 is 6.14. The van der Waals surface area contributed by atoms with Gasteiger partial charge in [0.1, 0.15) is 5.82 Å². The van der Waals surface area contributed by atoms with E-state index in [-0.39, 0.29) is 0 Å². The molecule has 2 aromatic rings. The summed E-state index contributed by atoms with van der Waals surface area (Å²) < 4.78 is 1.95. The van der Waals surface area contributed by atoms with Crippen molar-refractivity contribution in [3.05, 3.63) is 40.4 Å². The fraction of sp³-hybridized carbons (Fsp3) is 0.333. The normalized spacial score (nSPS) is 10.6. The van der Waals surface area contributed by atoms with Gasteiger partial charge in [-0.1, -0.05) is 17.7 Å². The highest BCUT2D eigenvalue weighted by atomic mass is 35.5. The minimum atomic E-state index is 0.611. The van der Waals surface area contributed by atoms with Gasteiger partial charge in [-0.15, -0.1) is 10.2 Å². The first-order chi connectivity index (χ1) is 8.08. The number of anilines is 1. The number of nitrogens with zero attached hydrogens (tertiary/aromatic N) is 3. The number of aryl methyl sites for hydroxylation is 2. The van der Waals surface area contributed by atoms with E-state index in [2.05, 4.69) is 15.5 Å². The zero-order valence-corrected chi connectivity index (χ0v) is 10.9. The van der Waals surface area contributed by atoms with Gasteiger partial charge in [-0.25, -0.2) is 0 Å². The first-order valence-corrected chi connectivity index (χ1v) is 5.80. The summed E-state index contributed by atoms with van der Waals surface area (Å²) in [6.45, 7) is 4.55. The molecule has 5 heteroatoms. The van der Waals surface area contributed by atoms with Crippen molar-refractivity contribution in [1.82, 2.24) is 14.8 Å². The molecule has 0 saturated carbocycles. The number of rotatable bonds is 3. The summed E-state index contributed by atoms with van der Waals surface area (Å²) in [6.07, 6.45) is 0. The molecule has 0 fully saturated rings. The first-order valence-electron chi connectivity index (χ1n) is 5.43. The SMILES string of the molecule is Cc1ccc(NCc2nnc(C)n2C)c(Cl)c1. The predicted octanol–water partition coefficient (Wildman–Crippen LogP) is 2.70. The molecular weight excluding hydrogens is 236 g/mol. The van der Waals surface area contributed by atoms with Crippen LogP contribution < -0.4 is 5.32 Å². The topological polar surface area (TPSA) is 42.7 Å². The van der Waals surface area contributed by atoms with Crippen LogP contribution in [0, 0.1) is 13.8 Å². The second-order valence-electron chi connectivity index (χ2n) is 4.06.